The Labute approximate surface area is 133 Å². The number of carbonyl (C=O) groups excluding carboxylic acids is 1. The first-order chi connectivity index (χ1) is 10.1. The molecule has 1 heterocycles. The molecule has 1 atom stereocenters. The normalized spacial score (nSPS) is 13.0. The first kappa shape index (κ1) is 18.6. The van der Waals surface area contributed by atoms with Gasteiger partial charge in [0.1, 0.15) is 11.5 Å². The third-order valence-electron chi connectivity index (χ3n) is 3.42. The molecular formula is C17H30N2O3. The van der Waals surface area contributed by atoms with Crippen LogP contribution in [0.25, 0.3) is 0 Å². The van der Waals surface area contributed by atoms with E-state index in [4.69, 9.17) is 9.52 Å². The molecule has 0 aliphatic heterocycles. The van der Waals surface area contributed by atoms with E-state index in [0.29, 0.717) is 19.5 Å². The van der Waals surface area contributed by atoms with Gasteiger partial charge in [-0.15, -0.1) is 0 Å². The summed E-state index contributed by atoms with van der Waals surface area (Å²) in [4.78, 5) is 14.3. The van der Waals surface area contributed by atoms with Crippen molar-refractivity contribution in [2.45, 2.75) is 54.0 Å². The molecular weight excluding hydrogens is 280 g/mol. The first-order valence-corrected chi connectivity index (χ1v) is 7.87. The minimum atomic E-state index is -0.110. The second-order valence-corrected chi connectivity index (χ2v) is 7.10. The van der Waals surface area contributed by atoms with Gasteiger partial charge in [0.2, 0.25) is 0 Å². The fourth-order valence-corrected chi connectivity index (χ4v) is 2.52. The number of nitrogens with one attached hydrogen (secondary N) is 1. The SMILES string of the molecule is Cc1cc(C(C)NC(=O)N(CCCO)CC(C)(C)C)c(C)o1. The van der Waals surface area contributed by atoms with Crippen LogP contribution in [0.3, 0.4) is 0 Å². The molecule has 0 saturated carbocycles. The Kier molecular flexibility index (Phi) is 6.48. The second-order valence-electron chi connectivity index (χ2n) is 7.10. The van der Waals surface area contributed by atoms with Crippen LogP contribution in [-0.2, 0) is 0 Å². The Morgan fingerprint density at radius 1 is 1.41 bits per heavy atom. The summed E-state index contributed by atoms with van der Waals surface area (Å²) >= 11 is 0. The summed E-state index contributed by atoms with van der Waals surface area (Å²) in [6.07, 6.45) is 0.585. The van der Waals surface area contributed by atoms with Crippen molar-refractivity contribution in [1.29, 1.82) is 0 Å². The number of urea groups is 1. The highest BCUT2D eigenvalue weighted by Gasteiger charge is 2.23. The van der Waals surface area contributed by atoms with E-state index >= 15 is 0 Å². The summed E-state index contributed by atoms with van der Waals surface area (Å²) < 4.78 is 5.53. The molecule has 0 aliphatic carbocycles. The van der Waals surface area contributed by atoms with E-state index < -0.39 is 0 Å². The average molecular weight is 310 g/mol. The lowest BCUT2D eigenvalue weighted by Gasteiger charge is -2.31. The van der Waals surface area contributed by atoms with E-state index in [-0.39, 0.29) is 24.1 Å². The third kappa shape index (κ3) is 5.72. The van der Waals surface area contributed by atoms with Gasteiger partial charge in [-0.25, -0.2) is 4.79 Å². The summed E-state index contributed by atoms with van der Waals surface area (Å²) in [5, 5.41) is 12.1. The molecule has 5 heteroatoms. The molecule has 0 bridgehead atoms. The van der Waals surface area contributed by atoms with E-state index in [1.165, 1.54) is 0 Å². The smallest absolute Gasteiger partial charge is 0.317 e. The van der Waals surface area contributed by atoms with Crippen LogP contribution in [0.4, 0.5) is 4.79 Å². The number of rotatable bonds is 6. The van der Waals surface area contributed by atoms with Crippen molar-refractivity contribution in [1.82, 2.24) is 10.2 Å². The number of carbonyl (C=O) groups is 1. The molecule has 5 nitrogen and oxygen atoms in total. The standard InChI is InChI=1S/C17H30N2O3/c1-12-10-15(14(3)22-12)13(2)18-16(21)19(8-7-9-20)11-17(4,5)6/h10,13,20H,7-9,11H2,1-6H3,(H,18,21). The van der Waals surface area contributed by atoms with Crippen LogP contribution in [0.15, 0.2) is 10.5 Å². The molecule has 0 spiro atoms. The van der Waals surface area contributed by atoms with Gasteiger partial charge in [0.25, 0.3) is 0 Å². The van der Waals surface area contributed by atoms with Gasteiger partial charge in [-0.1, -0.05) is 20.8 Å². The molecule has 0 aliphatic rings. The van der Waals surface area contributed by atoms with Crippen LogP contribution >= 0.6 is 0 Å². The van der Waals surface area contributed by atoms with E-state index in [1.807, 2.05) is 26.8 Å². The monoisotopic (exact) mass is 310 g/mol. The highest BCUT2D eigenvalue weighted by molar-refractivity contribution is 5.74. The lowest BCUT2D eigenvalue weighted by atomic mass is 9.96. The number of nitrogens with zero attached hydrogens (tertiary/aromatic N) is 1. The Morgan fingerprint density at radius 3 is 2.50 bits per heavy atom. The lowest BCUT2D eigenvalue weighted by Crippen LogP contribution is -2.45. The lowest BCUT2D eigenvalue weighted by molar-refractivity contribution is 0.162. The van der Waals surface area contributed by atoms with Gasteiger partial charge >= 0.3 is 6.03 Å². The maximum atomic E-state index is 12.5. The predicted octanol–water partition coefficient (Wildman–Crippen LogP) is 3.40. The van der Waals surface area contributed by atoms with Crippen molar-refractivity contribution < 1.29 is 14.3 Å². The van der Waals surface area contributed by atoms with Crippen LogP contribution in [0.1, 0.15) is 57.2 Å². The topological polar surface area (TPSA) is 65.7 Å². The van der Waals surface area contributed by atoms with Gasteiger partial charge in [-0.3, -0.25) is 0 Å². The zero-order chi connectivity index (χ0) is 16.9. The number of amides is 2. The molecule has 0 radical (unpaired) electrons. The fourth-order valence-electron chi connectivity index (χ4n) is 2.52. The van der Waals surface area contributed by atoms with Crippen molar-refractivity contribution in [3.05, 3.63) is 23.2 Å². The van der Waals surface area contributed by atoms with Crippen molar-refractivity contribution in [3.63, 3.8) is 0 Å². The van der Waals surface area contributed by atoms with Crippen LogP contribution in [0, 0.1) is 19.3 Å². The molecule has 1 aromatic rings. The molecule has 22 heavy (non-hydrogen) atoms. The molecule has 1 aromatic heterocycles. The number of hydrogen-bond acceptors (Lipinski definition) is 3. The Balaban J connectivity index is 2.74. The predicted molar refractivity (Wildman–Crippen MR) is 87.9 cm³/mol. The molecule has 126 valence electrons. The molecule has 0 saturated heterocycles. The van der Waals surface area contributed by atoms with Crippen LogP contribution in [0.2, 0.25) is 0 Å². The number of furan rings is 1. The van der Waals surface area contributed by atoms with Gasteiger partial charge in [0.05, 0.1) is 6.04 Å². The van der Waals surface area contributed by atoms with Crippen molar-refractivity contribution in [3.8, 4) is 0 Å². The second kappa shape index (κ2) is 7.68. The summed E-state index contributed by atoms with van der Waals surface area (Å²) in [7, 11) is 0. The highest BCUT2D eigenvalue weighted by Crippen LogP contribution is 2.22. The zero-order valence-electron chi connectivity index (χ0n) is 14.7. The van der Waals surface area contributed by atoms with E-state index in [0.717, 1.165) is 17.1 Å². The summed E-state index contributed by atoms with van der Waals surface area (Å²) in [5.41, 5.74) is 1.02. The largest absolute Gasteiger partial charge is 0.466 e. The number of aliphatic hydroxyl groups is 1. The van der Waals surface area contributed by atoms with Gasteiger partial charge < -0.3 is 19.7 Å². The van der Waals surface area contributed by atoms with E-state index in [1.54, 1.807) is 4.90 Å². The highest BCUT2D eigenvalue weighted by atomic mass is 16.3. The molecule has 0 fully saturated rings. The zero-order valence-corrected chi connectivity index (χ0v) is 14.7. The molecule has 1 unspecified atom stereocenters. The Morgan fingerprint density at radius 2 is 2.05 bits per heavy atom. The van der Waals surface area contributed by atoms with Gasteiger partial charge in [-0.05, 0) is 38.7 Å². The molecule has 0 aromatic carbocycles. The maximum absolute atomic E-state index is 12.5. The summed E-state index contributed by atoms with van der Waals surface area (Å²) in [6.45, 7) is 13.3. The van der Waals surface area contributed by atoms with Gasteiger partial charge in [0, 0.05) is 25.3 Å². The van der Waals surface area contributed by atoms with Crippen LogP contribution in [-0.4, -0.2) is 35.7 Å². The Bertz CT molecular complexity index is 489. The van der Waals surface area contributed by atoms with Crippen molar-refractivity contribution >= 4 is 6.03 Å². The van der Waals surface area contributed by atoms with Gasteiger partial charge in [-0.2, -0.15) is 0 Å². The average Bonchev–Trinajstić information content (AvgIpc) is 2.72. The fraction of sp³-hybridized carbons (Fsp3) is 0.706. The van der Waals surface area contributed by atoms with Crippen LogP contribution < -0.4 is 5.32 Å². The Hall–Kier alpha value is -1.49. The quantitative estimate of drug-likeness (QED) is 0.846. The minimum Gasteiger partial charge on any atom is -0.466 e. The van der Waals surface area contributed by atoms with Crippen molar-refractivity contribution in [2.24, 2.45) is 5.41 Å². The van der Waals surface area contributed by atoms with Crippen LogP contribution in [0.5, 0.6) is 0 Å². The molecule has 2 N–H and O–H groups in total. The first-order valence-electron chi connectivity index (χ1n) is 7.87. The van der Waals surface area contributed by atoms with E-state index in [2.05, 4.69) is 26.1 Å². The molecule has 1 rings (SSSR count). The minimum absolute atomic E-state index is 0.0121. The maximum Gasteiger partial charge on any atom is 0.317 e. The summed E-state index contributed by atoms with van der Waals surface area (Å²) in [5.74, 6) is 1.68. The third-order valence-corrected chi connectivity index (χ3v) is 3.42. The van der Waals surface area contributed by atoms with Crippen molar-refractivity contribution in [2.75, 3.05) is 19.7 Å². The number of aliphatic hydroxyl groups excluding tert-OH is 1. The molecule has 2 amide bonds. The summed E-state index contributed by atoms with van der Waals surface area (Å²) in [6, 6.07) is 1.75. The van der Waals surface area contributed by atoms with Gasteiger partial charge in [0.15, 0.2) is 0 Å². The number of aryl methyl sites for hydroxylation is 2. The van der Waals surface area contributed by atoms with E-state index in [9.17, 15) is 4.79 Å². The number of hydrogen-bond donors (Lipinski definition) is 2.